The number of rotatable bonds is 8. The summed E-state index contributed by atoms with van der Waals surface area (Å²) < 4.78 is 7.05. The minimum Gasteiger partial charge on any atom is -0.497 e. The summed E-state index contributed by atoms with van der Waals surface area (Å²) in [4.78, 5) is 12.7. The number of nitrogens with one attached hydrogen (secondary N) is 1. The first-order valence-electron chi connectivity index (χ1n) is 9.25. The predicted octanol–water partition coefficient (Wildman–Crippen LogP) is 4.14. The first-order chi connectivity index (χ1) is 13.2. The number of unbranched alkanes of at least 4 members (excludes halogenated alkanes) is 1. The molecule has 0 bridgehead atoms. The van der Waals surface area contributed by atoms with Gasteiger partial charge in [-0.25, -0.2) is 0 Å². The highest BCUT2D eigenvalue weighted by Crippen LogP contribution is 2.25. The minimum atomic E-state index is -0.0893. The van der Waals surface area contributed by atoms with Gasteiger partial charge in [0.25, 0.3) is 5.91 Å². The Balaban J connectivity index is 1.91. The molecule has 0 aliphatic heterocycles. The van der Waals surface area contributed by atoms with Crippen molar-refractivity contribution in [1.82, 2.24) is 15.1 Å². The Labute approximate surface area is 160 Å². The lowest BCUT2D eigenvalue weighted by atomic mass is 10.1. The van der Waals surface area contributed by atoms with E-state index in [1.54, 1.807) is 7.11 Å². The number of ether oxygens (including phenoxy) is 1. The maximum absolute atomic E-state index is 12.7. The molecule has 0 unspecified atom stereocenters. The monoisotopic (exact) mass is 363 g/mol. The Morgan fingerprint density at radius 1 is 1.11 bits per heavy atom. The number of hydrogen-bond acceptors (Lipinski definition) is 3. The number of amides is 1. The van der Waals surface area contributed by atoms with Crippen molar-refractivity contribution >= 4 is 5.91 Å². The molecule has 0 saturated heterocycles. The summed E-state index contributed by atoms with van der Waals surface area (Å²) >= 11 is 0. The standard InChI is InChI=1S/C22H25N3O2/c1-3-4-14-23-22(26)20-16-25(15-17-8-6-5-7-9-17)24-21(20)18-10-12-19(27-2)13-11-18/h5-13,16H,3-4,14-15H2,1-2H3,(H,23,26). The molecule has 0 radical (unpaired) electrons. The molecular formula is C22H25N3O2. The van der Waals surface area contributed by atoms with Gasteiger partial charge in [0, 0.05) is 18.3 Å². The third-order valence-corrected chi connectivity index (χ3v) is 4.37. The molecule has 140 valence electrons. The Bertz CT molecular complexity index is 870. The highest BCUT2D eigenvalue weighted by atomic mass is 16.5. The predicted molar refractivity (Wildman–Crippen MR) is 107 cm³/mol. The third-order valence-electron chi connectivity index (χ3n) is 4.37. The van der Waals surface area contributed by atoms with Crippen LogP contribution in [0.1, 0.15) is 35.7 Å². The number of hydrogen-bond donors (Lipinski definition) is 1. The minimum absolute atomic E-state index is 0.0893. The zero-order valence-electron chi connectivity index (χ0n) is 15.8. The second-order valence-corrected chi connectivity index (χ2v) is 6.41. The van der Waals surface area contributed by atoms with Crippen LogP contribution < -0.4 is 10.1 Å². The van der Waals surface area contributed by atoms with Crippen LogP contribution in [0.2, 0.25) is 0 Å². The smallest absolute Gasteiger partial charge is 0.255 e. The molecule has 0 aliphatic carbocycles. The summed E-state index contributed by atoms with van der Waals surface area (Å²) in [5.41, 5.74) is 3.30. The van der Waals surface area contributed by atoms with E-state index in [-0.39, 0.29) is 5.91 Å². The fourth-order valence-corrected chi connectivity index (χ4v) is 2.88. The van der Waals surface area contributed by atoms with Gasteiger partial charge in [0.05, 0.1) is 19.2 Å². The maximum Gasteiger partial charge on any atom is 0.255 e. The van der Waals surface area contributed by atoms with Crippen LogP contribution in [-0.2, 0) is 6.54 Å². The summed E-state index contributed by atoms with van der Waals surface area (Å²) in [7, 11) is 1.64. The molecule has 1 N–H and O–H groups in total. The van der Waals surface area contributed by atoms with Crippen molar-refractivity contribution in [2.75, 3.05) is 13.7 Å². The van der Waals surface area contributed by atoms with E-state index in [1.807, 2.05) is 53.3 Å². The average Bonchev–Trinajstić information content (AvgIpc) is 3.13. The highest BCUT2D eigenvalue weighted by Gasteiger charge is 2.18. The number of benzene rings is 2. The molecule has 1 amide bonds. The molecule has 1 aromatic heterocycles. The van der Waals surface area contributed by atoms with Crippen molar-refractivity contribution in [3.05, 3.63) is 71.9 Å². The molecule has 5 nitrogen and oxygen atoms in total. The van der Waals surface area contributed by atoms with Crippen molar-refractivity contribution in [1.29, 1.82) is 0 Å². The average molecular weight is 363 g/mol. The van der Waals surface area contributed by atoms with Crippen LogP contribution in [0, 0.1) is 0 Å². The maximum atomic E-state index is 12.7. The molecule has 0 atom stereocenters. The number of methoxy groups -OCH3 is 1. The van der Waals surface area contributed by atoms with Gasteiger partial charge in [0.1, 0.15) is 11.4 Å². The van der Waals surface area contributed by atoms with Crippen LogP contribution in [-0.4, -0.2) is 29.3 Å². The lowest BCUT2D eigenvalue weighted by Gasteiger charge is -2.05. The summed E-state index contributed by atoms with van der Waals surface area (Å²) in [6.45, 7) is 3.39. The van der Waals surface area contributed by atoms with E-state index < -0.39 is 0 Å². The largest absolute Gasteiger partial charge is 0.497 e. The summed E-state index contributed by atoms with van der Waals surface area (Å²) in [5.74, 6) is 0.685. The summed E-state index contributed by atoms with van der Waals surface area (Å²) in [6, 6.07) is 17.7. The number of nitrogens with zero attached hydrogens (tertiary/aromatic N) is 2. The van der Waals surface area contributed by atoms with Crippen LogP contribution in [0.3, 0.4) is 0 Å². The Hall–Kier alpha value is -3.08. The zero-order chi connectivity index (χ0) is 19.1. The molecule has 0 fully saturated rings. The fraction of sp³-hybridized carbons (Fsp3) is 0.273. The van der Waals surface area contributed by atoms with Crippen LogP contribution in [0.4, 0.5) is 0 Å². The van der Waals surface area contributed by atoms with Gasteiger partial charge in [-0.15, -0.1) is 0 Å². The molecule has 5 heteroatoms. The van der Waals surface area contributed by atoms with Crippen molar-refractivity contribution in [3.63, 3.8) is 0 Å². The summed E-state index contributed by atoms with van der Waals surface area (Å²) in [5, 5.41) is 7.69. The lowest BCUT2D eigenvalue weighted by Crippen LogP contribution is -2.24. The van der Waals surface area contributed by atoms with Gasteiger partial charge >= 0.3 is 0 Å². The zero-order valence-corrected chi connectivity index (χ0v) is 15.8. The van der Waals surface area contributed by atoms with Crippen LogP contribution in [0.5, 0.6) is 5.75 Å². The van der Waals surface area contributed by atoms with Crippen molar-refractivity contribution in [3.8, 4) is 17.0 Å². The van der Waals surface area contributed by atoms with E-state index in [4.69, 9.17) is 9.84 Å². The van der Waals surface area contributed by atoms with Crippen molar-refractivity contribution in [2.45, 2.75) is 26.3 Å². The molecule has 0 spiro atoms. The van der Waals surface area contributed by atoms with E-state index in [9.17, 15) is 4.79 Å². The van der Waals surface area contributed by atoms with E-state index in [2.05, 4.69) is 24.4 Å². The van der Waals surface area contributed by atoms with E-state index in [0.717, 1.165) is 29.7 Å². The second-order valence-electron chi connectivity index (χ2n) is 6.41. The molecule has 2 aromatic carbocycles. The molecular weight excluding hydrogens is 338 g/mol. The van der Waals surface area contributed by atoms with Crippen LogP contribution >= 0.6 is 0 Å². The molecule has 3 aromatic rings. The van der Waals surface area contributed by atoms with Gasteiger partial charge in [0.15, 0.2) is 0 Å². The topological polar surface area (TPSA) is 56.2 Å². The molecule has 3 rings (SSSR count). The van der Waals surface area contributed by atoms with Gasteiger partial charge < -0.3 is 10.1 Å². The Morgan fingerprint density at radius 2 is 1.85 bits per heavy atom. The third kappa shape index (κ3) is 4.76. The molecule has 1 heterocycles. The van der Waals surface area contributed by atoms with Gasteiger partial charge in [-0.1, -0.05) is 43.7 Å². The molecule has 27 heavy (non-hydrogen) atoms. The van der Waals surface area contributed by atoms with Crippen molar-refractivity contribution in [2.24, 2.45) is 0 Å². The van der Waals surface area contributed by atoms with E-state index in [0.29, 0.717) is 24.3 Å². The van der Waals surface area contributed by atoms with Crippen LogP contribution in [0.25, 0.3) is 11.3 Å². The number of aromatic nitrogens is 2. The first kappa shape index (κ1) is 18.7. The fourth-order valence-electron chi connectivity index (χ4n) is 2.88. The number of carbonyl (C=O) groups excluding carboxylic acids is 1. The normalized spacial score (nSPS) is 10.6. The molecule has 0 aliphatic rings. The van der Waals surface area contributed by atoms with E-state index >= 15 is 0 Å². The Kier molecular flexibility index (Phi) is 6.26. The van der Waals surface area contributed by atoms with Gasteiger partial charge in [-0.2, -0.15) is 5.10 Å². The highest BCUT2D eigenvalue weighted by molar-refractivity contribution is 5.99. The molecule has 0 saturated carbocycles. The summed E-state index contributed by atoms with van der Waals surface area (Å²) in [6.07, 6.45) is 3.83. The first-order valence-corrected chi connectivity index (χ1v) is 9.25. The van der Waals surface area contributed by atoms with Crippen molar-refractivity contribution < 1.29 is 9.53 Å². The second kappa shape index (κ2) is 9.03. The quantitative estimate of drug-likeness (QED) is 0.612. The Morgan fingerprint density at radius 3 is 2.52 bits per heavy atom. The van der Waals surface area contributed by atoms with Gasteiger partial charge in [-0.3, -0.25) is 9.48 Å². The SMILES string of the molecule is CCCCNC(=O)c1cn(Cc2ccccc2)nc1-c1ccc(OC)cc1. The number of carbonyl (C=O) groups is 1. The van der Waals surface area contributed by atoms with Gasteiger partial charge in [0.2, 0.25) is 0 Å². The van der Waals surface area contributed by atoms with E-state index in [1.165, 1.54) is 0 Å². The van der Waals surface area contributed by atoms with Gasteiger partial charge in [-0.05, 0) is 36.2 Å². The lowest BCUT2D eigenvalue weighted by molar-refractivity contribution is 0.0953. The van der Waals surface area contributed by atoms with Crippen LogP contribution in [0.15, 0.2) is 60.8 Å².